The molecule has 68 valence electrons. The Labute approximate surface area is 77.5 Å². The van der Waals surface area contributed by atoms with Crippen LogP contribution in [0.15, 0.2) is 24.3 Å². The molecule has 4 N–H and O–H groups in total. The van der Waals surface area contributed by atoms with Crippen molar-refractivity contribution >= 4 is 25.3 Å². The van der Waals surface area contributed by atoms with Gasteiger partial charge in [0.2, 0.25) is 0 Å². The molecular weight excluding hydrogens is 168 g/mol. The van der Waals surface area contributed by atoms with E-state index in [1.807, 2.05) is 0 Å². The number of rotatable bonds is 3. The molecule has 0 heterocycles. The highest BCUT2D eigenvalue weighted by Gasteiger charge is 2.16. The van der Waals surface area contributed by atoms with Crippen molar-refractivity contribution in [2.75, 3.05) is 5.23 Å². The second-order valence-electron chi connectivity index (χ2n) is 2.78. The SMILES string of the molecule is CB(O)Nc1ccccc1B(O)O. The lowest BCUT2D eigenvalue weighted by Gasteiger charge is -2.10. The number of anilines is 1. The van der Waals surface area contributed by atoms with Crippen molar-refractivity contribution in [1.82, 2.24) is 0 Å². The molecule has 0 amide bonds. The van der Waals surface area contributed by atoms with Gasteiger partial charge in [-0.2, -0.15) is 0 Å². The van der Waals surface area contributed by atoms with Crippen molar-refractivity contribution in [3.8, 4) is 0 Å². The van der Waals surface area contributed by atoms with Crippen LogP contribution in [-0.4, -0.2) is 29.2 Å². The fourth-order valence-corrected chi connectivity index (χ4v) is 1.08. The molecule has 1 rings (SSSR count). The highest BCUT2D eigenvalue weighted by atomic mass is 16.4. The third-order valence-electron chi connectivity index (χ3n) is 1.60. The van der Waals surface area contributed by atoms with Crippen LogP contribution in [0, 0.1) is 0 Å². The van der Waals surface area contributed by atoms with Crippen molar-refractivity contribution in [2.45, 2.75) is 6.82 Å². The fourth-order valence-electron chi connectivity index (χ4n) is 1.08. The summed E-state index contributed by atoms with van der Waals surface area (Å²) in [5.41, 5.74) is 0.871. The molecule has 0 atom stereocenters. The molecule has 0 aliphatic heterocycles. The molecule has 0 unspecified atom stereocenters. The summed E-state index contributed by atoms with van der Waals surface area (Å²) in [6, 6.07) is 6.69. The van der Waals surface area contributed by atoms with Crippen LogP contribution >= 0.6 is 0 Å². The Balaban J connectivity index is 2.91. The van der Waals surface area contributed by atoms with E-state index in [2.05, 4.69) is 5.23 Å². The summed E-state index contributed by atoms with van der Waals surface area (Å²) in [4.78, 5) is 0. The van der Waals surface area contributed by atoms with Crippen molar-refractivity contribution in [1.29, 1.82) is 0 Å². The average Bonchev–Trinajstić information content (AvgIpc) is 2.03. The molecule has 0 bridgehead atoms. The van der Waals surface area contributed by atoms with E-state index in [9.17, 15) is 0 Å². The van der Waals surface area contributed by atoms with Gasteiger partial charge in [-0.05, 0) is 12.9 Å². The standard InChI is InChI=1S/C7H11B2NO3/c1-8(11)10-7-5-3-2-4-6(7)9(12)13/h2-5,10-13H,1H3. The second-order valence-corrected chi connectivity index (χ2v) is 2.78. The van der Waals surface area contributed by atoms with E-state index in [1.54, 1.807) is 31.1 Å². The molecule has 0 aliphatic carbocycles. The minimum atomic E-state index is -1.53. The molecule has 0 saturated carbocycles. The Morgan fingerprint density at radius 3 is 2.31 bits per heavy atom. The number of nitrogens with one attached hydrogen (secondary N) is 1. The van der Waals surface area contributed by atoms with E-state index in [-0.39, 0.29) is 0 Å². The monoisotopic (exact) mass is 179 g/mol. The Hall–Kier alpha value is -0.970. The highest BCUT2D eigenvalue weighted by Crippen LogP contribution is 2.03. The predicted molar refractivity (Wildman–Crippen MR) is 53.7 cm³/mol. The zero-order valence-corrected chi connectivity index (χ0v) is 7.31. The zero-order valence-electron chi connectivity index (χ0n) is 7.31. The third-order valence-corrected chi connectivity index (χ3v) is 1.60. The number of hydrogen-bond acceptors (Lipinski definition) is 4. The fraction of sp³-hybridized carbons (Fsp3) is 0.143. The van der Waals surface area contributed by atoms with Crippen LogP contribution in [0.2, 0.25) is 6.82 Å². The minimum Gasteiger partial charge on any atom is -0.433 e. The van der Waals surface area contributed by atoms with Gasteiger partial charge in [-0.15, -0.1) is 0 Å². The summed E-state index contributed by atoms with van der Waals surface area (Å²) < 4.78 is 0. The van der Waals surface area contributed by atoms with Crippen molar-refractivity contribution < 1.29 is 15.1 Å². The maximum atomic E-state index is 9.04. The van der Waals surface area contributed by atoms with E-state index >= 15 is 0 Å². The maximum Gasteiger partial charge on any atom is 0.490 e. The van der Waals surface area contributed by atoms with E-state index in [0.717, 1.165) is 0 Å². The Morgan fingerprint density at radius 2 is 1.77 bits per heavy atom. The minimum absolute atomic E-state index is 0.350. The van der Waals surface area contributed by atoms with Gasteiger partial charge in [-0.3, -0.25) is 0 Å². The molecule has 0 spiro atoms. The summed E-state index contributed by atoms with van der Waals surface area (Å²) in [7, 11) is -2.25. The van der Waals surface area contributed by atoms with Crippen molar-refractivity contribution in [2.24, 2.45) is 0 Å². The van der Waals surface area contributed by atoms with Crippen LogP contribution < -0.4 is 10.7 Å². The van der Waals surface area contributed by atoms with Gasteiger partial charge < -0.3 is 20.3 Å². The molecule has 1 aromatic rings. The van der Waals surface area contributed by atoms with Crippen LogP contribution in [0.5, 0.6) is 0 Å². The molecule has 13 heavy (non-hydrogen) atoms. The summed E-state index contributed by atoms with van der Waals surface area (Å²) in [5, 5.41) is 29.6. The third kappa shape index (κ3) is 2.77. The van der Waals surface area contributed by atoms with Gasteiger partial charge in [-0.1, -0.05) is 18.2 Å². The molecule has 0 radical (unpaired) electrons. The molecule has 0 aromatic heterocycles. The van der Waals surface area contributed by atoms with Gasteiger partial charge >= 0.3 is 14.2 Å². The largest absolute Gasteiger partial charge is 0.490 e. The first-order valence-corrected chi connectivity index (χ1v) is 4.01. The lowest BCUT2D eigenvalue weighted by atomic mass is 9.77. The van der Waals surface area contributed by atoms with E-state index in [0.29, 0.717) is 11.2 Å². The molecule has 4 nitrogen and oxygen atoms in total. The molecule has 1 aromatic carbocycles. The lowest BCUT2D eigenvalue weighted by molar-refractivity contribution is 0.426. The first kappa shape index (κ1) is 10.1. The summed E-state index contributed by atoms with van der Waals surface area (Å²) in [6.45, 7) is 1.56. The first-order chi connectivity index (χ1) is 6.11. The number of para-hydroxylation sites is 1. The number of hydrogen-bond donors (Lipinski definition) is 4. The van der Waals surface area contributed by atoms with Crippen molar-refractivity contribution in [3.63, 3.8) is 0 Å². The first-order valence-electron chi connectivity index (χ1n) is 4.01. The average molecular weight is 179 g/mol. The van der Waals surface area contributed by atoms with E-state index in [4.69, 9.17) is 15.1 Å². The van der Waals surface area contributed by atoms with Crippen LogP contribution in [0.4, 0.5) is 5.69 Å². The van der Waals surface area contributed by atoms with Crippen LogP contribution in [0.25, 0.3) is 0 Å². The topological polar surface area (TPSA) is 72.7 Å². The smallest absolute Gasteiger partial charge is 0.433 e. The van der Waals surface area contributed by atoms with Gasteiger partial charge in [0.15, 0.2) is 0 Å². The summed E-state index contributed by atoms with van der Waals surface area (Å²) in [5.74, 6) is 0. The maximum absolute atomic E-state index is 9.04. The van der Waals surface area contributed by atoms with Crippen LogP contribution in [0.1, 0.15) is 0 Å². The van der Waals surface area contributed by atoms with Gasteiger partial charge in [0, 0.05) is 11.2 Å². The Bertz CT molecular complexity index is 280. The van der Waals surface area contributed by atoms with Gasteiger partial charge in [0.1, 0.15) is 0 Å². The van der Waals surface area contributed by atoms with Crippen LogP contribution in [0.3, 0.4) is 0 Å². The predicted octanol–water partition coefficient (Wildman–Crippen LogP) is -1.11. The number of benzene rings is 1. The van der Waals surface area contributed by atoms with Gasteiger partial charge in [-0.25, -0.2) is 0 Å². The summed E-state index contributed by atoms with van der Waals surface area (Å²) >= 11 is 0. The van der Waals surface area contributed by atoms with Gasteiger partial charge in [0.25, 0.3) is 0 Å². The molecule has 0 saturated heterocycles. The van der Waals surface area contributed by atoms with E-state index in [1.165, 1.54) is 0 Å². The summed E-state index contributed by atoms with van der Waals surface area (Å²) in [6.07, 6.45) is 0. The normalized spacial score (nSPS) is 9.54. The highest BCUT2D eigenvalue weighted by molar-refractivity contribution is 6.62. The molecule has 0 aliphatic rings. The Kier molecular flexibility index (Phi) is 3.36. The second kappa shape index (κ2) is 4.32. The van der Waals surface area contributed by atoms with Crippen LogP contribution in [-0.2, 0) is 0 Å². The molecule has 6 heteroatoms. The van der Waals surface area contributed by atoms with Gasteiger partial charge in [0.05, 0.1) is 0 Å². The lowest BCUT2D eigenvalue weighted by Crippen LogP contribution is -2.34. The zero-order chi connectivity index (χ0) is 9.84. The quantitative estimate of drug-likeness (QED) is 0.443. The molecular formula is C7H11B2NO3. The van der Waals surface area contributed by atoms with Crippen molar-refractivity contribution in [3.05, 3.63) is 24.3 Å². The van der Waals surface area contributed by atoms with E-state index < -0.39 is 14.2 Å². The Morgan fingerprint density at radius 1 is 1.15 bits per heavy atom. The molecule has 0 fully saturated rings.